The minimum Gasteiger partial charge on any atom is -0.507 e. The molecule has 4 aromatic carbocycles. The second-order valence-electron chi connectivity index (χ2n) is 22.9. The Kier molecular flexibility index (Phi) is 16.7. The van der Waals surface area contributed by atoms with E-state index in [1.807, 2.05) is 61.8 Å². The summed E-state index contributed by atoms with van der Waals surface area (Å²) in [5.41, 5.74) is 10.0. The van der Waals surface area contributed by atoms with Gasteiger partial charge in [-0.15, -0.1) is 0 Å². The lowest BCUT2D eigenvalue weighted by molar-refractivity contribution is -0.132. The van der Waals surface area contributed by atoms with Crippen LogP contribution in [0, 0.1) is 27.7 Å². The summed E-state index contributed by atoms with van der Waals surface area (Å²) < 4.78 is 0. The average molecular weight is 891 g/mol. The first kappa shape index (κ1) is 52.6. The van der Waals surface area contributed by atoms with Crippen LogP contribution in [-0.2, 0) is 56.9 Å². The van der Waals surface area contributed by atoms with Gasteiger partial charge >= 0.3 is 0 Å². The van der Waals surface area contributed by atoms with E-state index < -0.39 is 0 Å². The van der Waals surface area contributed by atoms with E-state index in [4.69, 9.17) is 0 Å². The summed E-state index contributed by atoms with van der Waals surface area (Å²) in [7, 11) is 0. The SMILES string of the molecule is Cc1cc(CCN(CCc2cc(C)c(O)c(C(C)(C)C)c2)C(=O)CCCC(=O)N(CCc2cc(C)c(O)c(C(C)(C)C)c2)CCc2cc(C)c(O)c(C(C)(C)C)c2)cc(C(C)(C)C)c1O. The number of hydrogen-bond donors (Lipinski definition) is 4. The number of carbonyl (C=O) groups is 2. The van der Waals surface area contributed by atoms with Gasteiger partial charge in [-0.05, 0) is 148 Å². The summed E-state index contributed by atoms with van der Waals surface area (Å²) in [5.74, 6) is 1.23. The highest BCUT2D eigenvalue weighted by molar-refractivity contribution is 5.79. The molecule has 0 aromatic heterocycles. The molecule has 0 spiro atoms. The highest BCUT2D eigenvalue weighted by Gasteiger charge is 2.26. The number of phenols is 4. The Labute approximate surface area is 392 Å². The lowest BCUT2D eigenvalue weighted by Crippen LogP contribution is -2.36. The molecular formula is C57H82N2O6. The average Bonchev–Trinajstić information content (AvgIpc) is 3.17. The molecule has 0 bridgehead atoms. The van der Waals surface area contributed by atoms with E-state index in [2.05, 4.69) is 107 Å². The molecule has 0 aliphatic rings. The van der Waals surface area contributed by atoms with Crippen molar-refractivity contribution >= 4 is 11.8 Å². The Morgan fingerprint density at radius 3 is 0.769 bits per heavy atom. The van der Waals surface area contributed by atoms with E-state index in [-0.39, 0.29) is 46.3 Å². The van der Waals surface area contributed by atoms with Gasteiger partial charge in [0.05, 0.1) is 0 Å². The quantitative estimate of drug-likeness (QED) is 0.0889. The van der Waals surface area contributed by atoms with Gasteiger partial charge in [-0.2, -0.15) is 0 Å². The van der Waals surface area contributed by atoms with Crippen LogP contribution < -0.4 is 0 Å². The van der Waals surface area contributed by atoms with Crippen LogP contribution in [0.5, 0.6) is 23.0 Å². The van der Waals surface area contributed by atoms with E-state index in [9.17, 15) is 30.0 Å². The maximum atomic E-state index is 14.3. The highest BCUT2D eigenvalue weighted by atomic mass is 16.3. The topological polar surface area (TPSA) is 122 Å². The molecule has 0 atom stereocenters. The van der Waals surface area contributed by atoms with Crippen molar-refractivity contribution in [3.8, 4) is 23.0 Å². The third kappa shape index (κ3) is 14.0. The number of phenolic OH excluding ortho intramolecular Hbond substituents is 4. The highest BCUT2D eigenvalue weighted by Crippen LogP contribution is 2.38. The predicted molar refractivity (Wildman–Crippen MR) is 268 cm³/mol. The van der Waals surface area contributed by atoms with Gasteiger partial charge in [0.15, 0.2) is 0 Å². The van der Waals surface area contributed by atoms with Crippen molar-refractivity contribution in [3.63, 3.8) is 0 Å². The van der Waals surface area contributed by atoms with Crippen LogP contribution in [-0.4, -0.2) is 68.2 Å². The van der Waals surface area contributed by atoms with Crippen molar-refractivity contribution in [2.24, 2.45) is 0 Å². The standard InChI is InChI=1S/C57H82N2O6/c1-36-28-40(32-44(50(36)62)54(5,6)7)20-24-58(25-21-41-29-37(2)51(63)45(33-41)55(8,9)10)48(60)18-17-19-49(61)59(26-22-42-30-38(3)52(64)46(34-42)56(11,12)13)27-23-43-31-39(4)53(65)47(35-43)57(14,15)16/h28-35,62-65H,17-27H2,1-16H3. The first-order valence-corrected chi connectivity index (χ1v) is 23.8. The molecule has 8 heteroatoms. The Morgan fingerprint density at radius 2 is 0.585 bits per heavy atom. The zero-order valence-corrected chi connectivity index (χ0v) is 42.9. The molecule has 0 saturated carbocycles. The maximum absolute atomic E-state index is 14.3. The largest absolute Gasteiger partial charge is 0.507 e. The van der Waals surface area contributed by atoms with E-state index in [0.717, 1.165) is 66.8 Å². The molecule has 0 aliphatic carbocycles. The molecular weight excluding hydrogens is 809 g/mol. The van der Waals surface area contributed by atoms with Crippen molar-refractivity contribution in [2.45, 2.75) is 177 Å². The molecule has 0 fully saturated rings. The van der Waals surface area contributed by atoms with Crippen LogP contribution in [0.25, 0.3) is 0 Å². The molecule has 2 amide bonds. The molecule has 4 N–H and O–H groups in total. The van der Waals surface area contributed by atoms with Crippen LogP contribution in [0.2, 0.25) is 0 Å². The van der Waals surface area contributed by atoms with Crippen molar-refractivity contribution in [1.29, 1.82) is 0 Å². The third-order valence-electron chi connectivity index (χ3n) is 12.8. The van der Waals surface area contributed by atoms with Crippen LogP contribution >= 0.6 is 0 Å². The Morgan fingerprint density at radius 1 is 0.385 bits per heavy atom. The van der Waals surface area contributed by atoms with Gasteiger partial charge in [0.2, 0.25) is 11.8 Å². The zero-order valence-electron chi connectivity index (χ0n) is 42.9. The summed E-state index contributed by atoms with van der Waals surface area (Å²) in [5, 5.41) is 43.6. The van der Waals surface area contributed by atoms with E-state index in [0.29, 0.717) is 81.3 Å². The summed E-state index contributed by atoms with van der Waals surface area (Å²) in [6, 6.07) is 16.3. The van der Waals surface area contributed by atoms with E-state index >= 15 is 0 Å². The Balaban J connectivity index is 1.58. The molecule has 8 nitrogen and oxygen atoms in total. The fraction of sp³-hybridized carbons (Fsp3) is 0.544. The number of rotatable bonds is 16. The minimum atomic E-state index is -0.251. The summed E-state index contributed by atoms with van der Waals surface area (Å²) >= 11 is 0. The normalized spacial score (nSPS) is 12.4. The Hall–Kier alpha value is -4.98. The fourth-order valence-electron chi connectivity index (χ4n) is 8.77. The number of aryl methyl sites for hydroxylation is 4. The number of hydrogen-bond acceptors (Lipinski definition) is 6. The number of aromatic hydroxyl groups is 4. The fourth-order valence-corrected chi connectivity index (χ4v) is 8.77. The van der Waals surface area contributed by atoms with Gasteiger partial charge in [0.25, 0.3) is 0 Å². The second kappa shape index (κ2) is 20.7. The number of nitrogens with zero attached hydrogens (tertiary/aromatic N) is 2. The smallest absolute Gasteiger partial charge is 0.222 e. The summed E-state index contributed by atoms with van der Waals surface area (Å²) in [6.45, 7) is 34.7. The molecule has 0 radical (unpaired) electrons. The van der Waals surface area contributed by atoms with Crippen LogP contribution in [0.4, 0.5) is 0 Å². The van der Waals surface area contributed by atoms with Crippen molar-refractivity contribution in [2.75, 3.05) is 26.2 Å². The third-order valence-corrected chi connectivity index (χ3v) is 12.8. The number of benzene rings is 4. The van der Waals surface area contributed by atoms with E-state index in [1.165, 1.54) is 0 Å². The van der Waals surface area contributed by atoms with Crippen molar-refractivity contribution in [1.82, 2.24) is 9.80 Å². The van der Waals surface area contributed by atoms with Gasteiger partial charge in [0, 0.05) is 39.0 Å². The van der Waals surface area contributed by atoms with Gasteiger partial charge in [-0.1, -0.05) is 132 Å². The second-order valence-corrected chi connectivity index (χ2v) is 22.9. The van der Waals surface area contributed by atoms with Crippen molar-refractivity contribution < 1.29 is 30.0 Å². The molecule has 65 heavy (non-hydrogen) atoms. The first-order chi connectivity index (χ1) is 29.9. The van der Waals surface area contributed by atoms with Gasteiger partial charge in [-0.3, -0.25) is 9.59 Å². The lowest BCUT2D eigenvalue weighted by Gasteiger charge is -2.27. The predicted octanol–water partition coefficient (Wildman–Crippen LogP) is 12.0. The Bertz CT molecular complexity index is 2020. The molecule has 356 valence electrons. The first-order valence-electron chi connectivity index (χ1n) is 23.8. The summed E-state index contributed by atoms with van der Waals surface area (Å²) in [6.07, 6.45) is 3.32. The number of amides is 2. The van der Waals surface area contributed by atoms with E-state index in [1.54, 1.807) is 0 Å². The zero-order chi connectivity index (χ0) is 49.0. The molecule has 0 heterocycles. The van der Waals surface area contributed by atoms with Gasteiger partial charge in [0.1, 0.15) is 23.0 Å². The minimum absolute atomic E-state index is 0.00834. The van der Waals surface area contributed by atoms with Crippen molar-refractivity contribution in [3.05, 3.63) is 115 Å². The molecule has 0 saturated heterocycles. The maximum Gasteiger partial charge on any atom is 0.222 e. The molecule has 4 aromatic rings. The molecule has 0 unspecified atom stereocenters. The van der Waals surface area contributed by atoms with Gasteiger partial charge < -0.3 is 30.2 Å². The molecule has 0 aliphatic heterocycles. The number of carbonyl (C=O) groups excluding carboxylic acids is 2. The molecule has 4 rings (SSSR count). The van der Waals surface area contributed by atoms with Crippen LogP contribution in [0.3, 0.4) is 0 Å². The lowest BCUT2D eigenvalue weighted by atomic mass is 9.83. The van der Waals surface area contributed by atoms with Crippen LogP contribution in [0.1, 0.15) is 169 Å². The monoisotopic (exact) mass is 891 g/mol. The summed E-state index contributed by atoms with van der Waals surface area (Å²) in [4.78, 5) is 32.4. The van der Waals surface area contributed by atoms with Crippen LogP contribution in [0.15, 0.2) is 48.5 Å². The van der Waals surface area contributed by atoms with Gasteiger partial charge in [-0.25, -0.2) is 0 Å².